The first-order chi connectivity index (χ1) is 7.15. The summed E-state index contributed by atoms with van der Waals surface area (Å²) in [5.74, 6) is 0. The molecule has 0 amide bonds. The lowest BCUT2D eigenvalue weighted by molar-refractivity contribution is 0.150. The second-order valence-electron chi connectivity index (χ2n) is 3.93. The molecule has 1 heterocycles. The molecule has 0 saturated heterocycles. The molecule has 1 aromatic rings. The smallest absolute Gasteiger partial charge is 0.0524 e. The lowest BCUT2D eigenvalue weighted by Gasteiger charge is -2.26. The summed E-state index contributed by atoms with van der Waals surface area (Å²) < 4.78 is 0. The van der Waals surface area contributed by atoms with Crippen molar-refractivity contribution in [1.82, 2.24) is 4.90 Å². The molecule has 86 valence electrons. The van der Waals surface area contributed by atoms with Gasteiger partial charge in [0.25, 0.3) is 0 Å². The maximum absolute atomic E-state index is 9.23. The maximum Gasteiger partial charge on any atom is 0.0524 e. The monoisotopic (exact) mass is 228 g/mol. The van der Waals surface area contributed by atoms with Gasteiger partial charge in [0.15, 0.2) is 0 Å². The highest BCUT2D eigenvalue weighted by Gasteiger charge is 2.15. The minimum Gasteiger partial charge on any atom is -0.393 e. The molecule has 0 spiro atoms. The molecule has 0 radical (unpaired) electrons. The zero-order valence-electron chi connectivity index (χ0n) is 9.39. The normalized spacial score (nSPS) is 15.5. The zero-order valence-corrected chi connectivity index (χ0v) is 10.2. The summed E-state index contributed by atoms with van der Waals surface area (Å²) in [6.45, 7) is 3.30. The van der Waals surface area contributed by atoms with Crippen molar-refractivity contribution in [1.29, 1.82) is 0 Å². The Hall–Kier alpha value is -0.420. The van der Waals surface area contributed by atoms with E-state index in [1.807, 2.05) is 6.92 Å². The number of rotatable bonds is 6. The van der Waals surface area contributed by atoms with Crippen LogP contribution in [0.5, 0.6) is 0 Å². The van der Waals surface area contributed by atoms with Crippen LogP contribution in [-0.2, 0) is 0 Å². The maximum atomic E-state index is 9.23. The molecule has 0 saturated carbocycles. The highest BCUT2D eigenvalue weighted by Crippen LogP contribution is 2.20. The van der Waals surface area contributed by atoms with Crippen LogP contribution in [0.25, 0.3) is 0 Å². The molecule has 0 aliphatic heterocycles. The average molecular weight is 228 g/mol. The summed E-state index contributed by atoms with van der Waals surface area (Å²) in [4.78, 5) is 2.20. The van der Waals surface area contributed by atoms with Gasteiger partial charge < -0.3 is 10.8 Å². The van der Waals surface area contributed by atoms with Crippen LogP contribution in [0.15, 0.2) is 16.8 Å². The van der Waals surface area contributed by atoms with Crippen LogP contribution in [0.3, 0.4) is 0 Å². The second kappa shape index (κ2) is 6.23. The van der Waals surface area contributed by atoms with Gasteiger partial charge in [-0.05, 0) is 42.8 Å². The van der Waals surface area contributed by atoms with E-state index in [-0.39, 0.29) is 12.1 Å². The van der Waals surface area contributed by atoms with Crippen molar-refractivity contribution in [2.24, 2.45) is 5.73 Å². The summed E-state index contributed by atoms with van der Waals surface area (Å²) in [6.07, 6.45) is 0.547. The second-order valence-corrected chi connectivity index (χ2v) is 4.71. The highest BCUT2D eigenvalue weighted by molar-refractivity contribution is 7.07. The van der Waals surface area contributed by atoms with Crippen molar-refractivity contribution in [3.8, 4) is 0 Å². The molecule has 3 nitrogen and oxygen atoms in total. The van der Waals surface area contributed by atoms with Gasteiger partial charge in [0, 0.05) is 19.1 Å². The largest absolute Gasteiger partial charge is 0.393 e. The molecule has 0 aliphatic rings. The topological polar surface area (TPSA) is 49.5 Å². The molecule has 15 heavy (non-hydrogen) atoms. The fourth-order valence-corrected chi connectivity index (χ4v) is 2.29. The quantitative estimate of drug-likeness (QED) is 0.775. The van der Waals surface area contributed by atoms with Crippen LogP contribution in [0.2, 0.25) is 0 Å². The first kappa shape index (κ1) is 12.6. The Kier molecular flexibility index (Phi) is 5.25. The van der Waals surface area contributed by atoms with E-state index in [0.717, 1.165) is 13.0 Å². The molecule has 1 aromatic heterocycles. The molecule has 0 aliphatic carbocycles. The van der Waals surface area contributed by atoms with Gasteiger partial charge in [0.1, 0.15) is 0 Å². The van der Waals surface area contributed by atoms with Crippen LogP contribution < -0.4 is 5.73 Å². The molecule has 2 atom stereocenters. The summed E-state index contributed by atoms with van der Waals surface area (Å²) in [5.41, 5.74) is 7.05. The Morgan fingerprint density at radius 3 is 2.80 bits per heavy atom. The Balaban J connectivity index is 2.51. The predicted molar refractivity (Wildman–Crippen MR) is 65.0 cm³/mol. The Morgan fingerprint density at radius 1 is 1.60 bits per heavy atom. The first-order valence-electron chi connectivity index (χ1n) is 5.25. The molecular formula is C11H20N2OS. The third kappa shape index (κ3) is 3.91. The number of nitrogens with two attached hydrogens (primary N) is 1. The third-order valence-electron chi connectivity index (χ3n) is 2.58. The van der Waals surface area contributed by atoms with Gasteiger partial charge in [0.05, 0.1) is 6.10 Å². The molecule has 0 fully saturated rings. The molecule has 0 aromatic carbocycles. The van der Waals surface area contributed by atoms with E-state index in [0.29, 0.717) is 6.54 Å². The fourth-order valence-electron chi connectivity index (χ4n) is 1.58. The van der Waals surface area contributed by atoms with E-state index < -0.39 is 0 Å². The van der Waals surface area contributed by atoms with Crippen molar-refractivity contribution in [2.45, 2.75) is 25.5 Å². The fraction of sp³-hybridized carbons (Fsp3) is 0.636. The van der Waals surface area contributed by atoms with Crippen molar-refractivity contribution >= 4 is 11.3 Å². The van der Waals surface area contributed by atoms with E-state index in [2.05, 4.69) is 28.8 Å². The summed E-state index contributed by atoms with van der Waals surface area (Å²) in [5, 5.41) is 13.4. The van der Waals surface area contributed by atoms with Crippen LogP contribution in [0.4, 0.5) is 0 Å². The Bertz CT molecular complexity index is 262. The van der Waals surface area contributed by atoms with E-state index in [1.165, 1.54) is 5.56 Å². The van der Waals surface area contributed by atoms with Gasteiger partial charge in [0.2, 0.25) is 0 Å². The number of likely N-dealkylation sites (N-methyl/N-ethyl adjacent to an activating group) is 1. The SMILES string of the molecule is CC(O)CCN(C)C(CN)c1ccsc1. The molecule has 2 unspecified atom stereocenters. The average Bonchev–Trinajstić information content (AvgIpc) is 2.69. The Labute approximate surface area is 95.5 Å². The van der Waals surface area contributed by atoms with Gasteiger partial charge in [-0.1, -0.05) is 0 Å². The standard InChI is InChI=1S/C11H20N2OS/c1-9(14)3-5-13(2)11(7-12)10-4-6-15-8-10/h4,6,8-9,11,14H,3,5,7,12H2,1-2H3. The molecule has 0 bridgehead atoms. The van der Waals surface area contributed by atoms with E-state index in [1.54, 1.807) is 11.3 Å². The summed E-state index contributed by atoms with van der Waals surface area (Å²) in [7, 11) is 2.05. The molecular weight excluding hydrogens is 208 g/mol. The van der Waals surface area contributed by atoms with Gasteiger partial charge in [-0.2, -0.15) is 11.3 Å². The number of hydrogen-bond donors (Lipinski definition) is 2. The van der Waals surface area contributed by atoms with E-state index in [9.17, 15) is 5.11 Å². The number of nitrogens with zero attached hydrogens (tertiary/aromatic N) is 1. The molecule has 4 heteroatoms. The molecule has 1 rings (SSSR count). The van der Waals surface area contributed by atoms with Crippen molar-refractivity contribution in [3.63, 3.8) is 0 Å². The predicted octanol–water partition coefficient (Wildman–Crippen LogP) is 1.45. The third-order valence-corrected chi connectivity index (χ3v) is 3.28. The zero-order chi connectivity index (χ0) is 11.3. The summed E-state index contributed by atoms with van der Waals surface area (Å²) >= 11 is 1.69. The van der Waals surface area contributed by atoms with E-state index >= 15 is 0 Å². The van der Waals surface area contributed by atoms with Gasteiger partial charge in [-0.3, -0.25) is 4.90 Å². The van der Waals surface area contributed by atoms with Gasteiger partial charge in [-0.15, -0.1) is 0 Å². The number of thiophene rings is 1. The minimum atomic E-state index is -0.242. The van der Waals surface area contributed by atoms with Gasteiger partial charge in [-0.25, -0.2) is 0 Å². The Morgan fingerprint density at radius 2 is 2.33 bits per heavy atom. The van der Waals surface area contributed by atoms with Crippen molar-refractivity contribution in [2.75, 3.05) is 20.1 Å². The van der Waals surface area contributed by atoms with Crippen LogP contribution >= 0.6 is 11.3 Å². The number of hydrogen-bond acceptors (Lipinski definition) is 4. The first-order valence-corrected chi connectivity index (χ1v) is 6.20. The number of aliphatic hydroxyl groups excluding tert-OH is 1. The van der Waals surface area contributed by atoms with Crippen LogP contribution in [0.1, 0.15) is 24.9 Å². The molecule has 3 N–H and O–H groups in total. The lowest BCUT2D eigenvalue weighted by Crippen LogP contribution is -2.32. The summed E-state index contributed by atoms with van der Waals surface area (Å²) in [6, 6.07) is 2.39. The minimum absolute atomic E-state index is 0.242. The van der Waals surface area contributed by atoms with Crippen LogP contribution in [-0.4, -0.2) is 36.2 Å². The lowest BCUT2D eigenvalue weighted by atomic mass is 10.1. The van der Waals surface area contributed by atoms with E-state index in [4.69, 9.17) is 5.73 Å². The van der Waals surface area contributed by atoms with Crippen molar-refractivity contribution in [3.05, 3.63) is 22.4 Å². The highest BCUT2D eigenvalue weighted by atomic mass is 32.1. The van der Waals surface area contributed by atoms with Crippen molar-refractivity contribution < 1.29 is 5.11 Å². The number of aliphatic hydroxyl groups is 1. The van der Waals surface area contributed by atoms with Crippen LogP contribution in [0, 0.1) is 0 Å². The van der Waals surface area contributed by atoms with Gasteiger partial charge >= 0.3 is 0 Å².